The Hall–Kier alpha value is -1.77. The minimum absolute atomic E-state index is 0.360. The quantitative estimate of drug-likeness (QED) is 0.827. The molecular formula is C18H24N4O3S. The molecule has 0 bridgehead atoms. The zero-order chi connectivity index (χ0) is 18.2. The van der Waals surface area contributed by atoms with Crippen LogP contribution in [0.4, 0.5) is 0 Å². The Morgan fingerprint density at radius 2 is 1.77 bits per heavy atom. The van der Waals surface area contributed by atoms with Crippen molar-refractivity contribution >= 4 is 10.0 Å². The highest BCUT2D eigenvalue weighted by atomic mass is 32.2. The van der Waals surface area contributed by atoms with Crippen molar-refractivity contribution in [3.8, 4) is 0 Å². The van der Waals surface area contributed by atoms with Crippen molar-refractivity contribution in [2.24, 2.45) is 5.73 Å². The van der Waals surface area contributed by atoms with Gasteiger partial charge in [-0.1, -0.05) is 17.3 Å². The Morgan fingerprint density at radius 1 is 1.08 bits per heavy atom. The molecule has 1 saturated heterocycles. The van der Waals surface area contributed by atoms with Crippen LogP contribution in [0.2, 0.25) is 0 Å². The van der Waals surface area contributed by atoms with Crippen LogP contribution in [0.3, 0.4) is 0 Å². The van der Waals surface area contributed by atoms with E-state index in [1.165, 1.54) is 0 Å². The van der Waals surface area contributed by atoms with E-state index in [1.807, 2.05) is 12.1 Å². The summed E-state index contributed by atoms with van der Waals surface area (Å²) in [6.07, 6.45) is 6.11. The van der Waals surface area contributed by atoms with Crippen molar-refractivity contribution in [1.29, 1.82) is 0 Å². The molecule has 1 aliphatic carbocycles. The van der Waals surface area contributed by atoms with Gasteiger partial charge >= 0.3 is 0 Å². The third-order valence-corrected chi connectivity index (χ3v) is 7.33. The summed E-state index contributed by atoms with van der Waals surface area (Å²) in [7, 11) is -3.35. The lowest BCUT2D eigenvalue weighted by Crippen LogP contribution is -2.44. The van der Waals surface area contributed by atoms with Gasteiger partial charge in [0, 0.05) is 19.5 Å². The van der Waals surface area contributed by atoms with Crippen molar-refractivity contribution in [2.45, 2.75) is 55.4 Å². The molecule has 2 N–H and O–H groups in total. The first-order valence-electron chi connectivity index (χ1n) is 9.18. The molecule has 140 valence electrons. The maximum Gasteiger partial charge on any atom is 0.243 e. The molecule has 1 aromatic carbocycles. The summed E-state index contributed by atoms with van der Waals surface area (Å²) in [6.45, 7) is 1.23. The standard InChI is InChI=1S/C18H24N4O3S/c19-18(10-3-11-18)17-20-16(25-21-17)9-6-14-4-7-15(8-5-14)26(23,24)22-12-1-2-13-22/h4-5,7-8H,1-3,6,9-13,19H2. The van der Waals surface area contributed by atoms with E-state index in [0.717, 1.165) is 37.7 Å². The van der Waals surface area contributed by atoms with E-state index in [9.17, 15) is 8.42 Å². The summed E-state index contributed by atoms with van der Waals surface area (Å²) in [5, 5.41) is 4.02. The molecule has 2 aliphatic rings. The van der Waals surface area contributed by atoms with Crippen molar-refractivity contribution in [3.63, 3.8) is 0 Å². The fourth-order valence-electron chi connectivity index (χ4n) is 3.50. The van der Waals surface area contributed by atoms with Crippen molar-refractivity contribution in [2.75, 3.05) is 13.1 Å². The summed E-state index contributed by atoms with van der Waals surface area (Å²) >= 11 is 0. The maximum absolute atomic E-state index is 12.5. The summed E-state index contributed by atoms with van der Waals surface area (Å²) in [6, 6.07) is 7.09. The van der Waals surface area contributed by atoms with Crippen LogP contribution in [-0.2, 0) is 28.4 Å². The number of hydrogen-bond donors (Lipinski definition) is 1. The van der Waals surface area contributed by atoms with E-state index in [2.05, 4.69) is 10.1 Å². The Balaban J connectivity index is 1.39. The Labute approximate surface area is 153 Å². The Bertz CT molecular complexity index is 866. The Kier molecular flexibility index (Phi) is 4.58. The zero-order valence-corrected chi connectivity index (χ0v) is 15.5. The van der Waals surface area contributed by atoms with Gasteiger partial charge in [0.25, 0.3) is 0 Å². The van der Waals surface area contributed by atoms with Gasteiger partial charge in [-0.25, -0.2) is 8.42 Å². The van der Waals surface area contributed by atoms with Gasteiger partial charge in [-0.2, -0.15) is 9.29 Å². The molecule has 2 aromatic rings. The third kappa shape index (κ3) is 3.28. The molecule has 1 aromatic heterocycles. The molecule has 26 heavy (non-hydrogen) atoms. The van der Waals surface area contributed by atoms with Crippen molar-refractivity contribution in [3.05, 3.63) is 41.5 Å². The minimum atomic E-state index is -3.35. The SMILES string of the molecule is NC1(c2noc(CCc3ccc(S(=O)(=O)N4CCCC4)cc3)n2)CCC1. The van der Waals surface area contributed by atoms with Gasteiger partial charge in [0.05, 0.1) is 10.4 Å². The molecular weight excluding hydrogens is 352 g/mol. The second kappa shape index (κ2) is 6.75. The number of benzene rings is 1. The monoisotopic (exact) mass is 376 g/mol. The van der Waals surface area contributed by atoms with Crippen LogP contribution >= 0.6 is 0 Å². The van der Waals surface area contributed by atoms with Gasteiger partial charge in [0.15, 0.2) is 5.82 Å². The van der Waals surface area contributed by atoms with E-state index in [4.69, 9.17) is 10.3 Å². The number of nitrogens with zero attached hydrogens (tertiary/aromatic N) is 3. The summed E-state index contributed by atoms with van der Waals surface area (Å²) in [4.78, 5) is 4.78. The topological polar surface area (TPSA) is 102 Å². The lowest BCUT2D eigenvalue weighted by molar-refractivity contribution is 0.229. The van der Waals surface area contributed by atoms with Crippen LogP contribution in [0.1, 0.15) is 49.4 Å². The number of aromatic nitrogens is 2. The maximum atomic E-state index is 12.5. The van der Waals surface area contributed by atoms with Crippen LogP contribution < -0.4 is 5.73 Å². The molecule has 1 saturated carbocycles. The van der Waals surface area contributed by atoms with Crippen LogP contribution in [0, 0.1) is 0 Å². The largest absolute Gasteiger partial charge is 0.339 e. The van der Waals surface area contributed by atoms with Crippen LogP contribution in [0.5, 0.6) is 0 Å². The molecule has 2 heterocycles. The lowest BCUT2D eigenvalue weighted by Gasteiger charge is -2.34. The molecule has 2 fully saturated rings. The van der Waals surface area contributed by atoms with E-state index in [0.29, 0.717) is 42.5 Å². The fraction of sp³-hybridized carbons (Fsp3) is 0.556. The molecule has 7 nitrogen and oxygen atoms in total. The fourth-order valence-corrected chi connectivity index (χ4v) is 5.01. The Morgan fingerprint density at radius 3 is 2.38 bits per heavy atom. The molecule has 1 aliphatic heterocycles. The van der Waals surface area contributed by atoms with Gasteiger partial charge in [0.2, 0.25) is 15.9 Å². The van der Waals surface area contributed by atoms with Gasteiger partial charge in [-0.3, -0.25) is 0 Å². The second-order valence-electron chi connectivity index (χ2n) is 7.28. The minimum Gasteiger partial charge on any atom is -0.339 e. The molecule has 0 radical (unpaired) electrons. The first-order chi connectivity index (χ1) is 12.5. The van der Waals surface area contributed by atoms with Gasteiger partial charge < -0.3 is 10.3 Å². The van der Waals surface area contributed by atoms with Crippen molar-refractivity contribution in [1.82, 2.24) is 14.4 Å². The lowest BCUT2D eigenvalue weighted by atomic mass is 9.77. The van der Waals surface area contributed by atoms with E-state index < -0.39 is 15.6 Å². The van der Waals surface area contributed by atoms with Crippen LogP contribution in [0.15, 0.2) is 33.7 Å². The van der Waals surface area contributed by atoms with Crippen molar-refractivity contribution < 1.29 is 12.9 Å². The highest BCUT2D eigenvalue weighted by Crippen LogP contribution is 2.36. The molecule has 8 heteroatoms. The third-order valence-electron chi connectivity index (χ3n) is 5.41. The summed E-state index contributed by atoms with van der Waals surface area (Å²) in [5.74, 6) is 1.18. The van der Waals surface area contributed by atoms with E-state index in [1.54, 1.807) is 16.4 Å². The van der Waals surface area contributed by atoms with Gasteiger partial charge in [-0.15, -0.1) is 0 Å². The van der Waals surface area contributed by atoms with E-state index >= 15 is 0 Å². The number of sulfonamides is 1. The second-order valence-corrected chi connectivity index (χ2v) is 9.21. The molecule has 0 unspecified atom stereocenters. The summed E-state index contributed by atoms with van der Waals surface area (Å²) < 4.78 is 31.9. The number of hydrogen-bond acceptors (Lipinski definition) is 6. The first-order valence-corrected chi connectivity index (χ1v) is 10.6. The number of rotatable bonds is 6. The highest BCUT2D eigenvalue weighted by Gasteiger charge is 2.38. The predicted molar refractivity (Wildman–Crippen MR) is 95.9 cm³/mol. The molecule has 0 spiro atoms. The average Bonchev–Trinajstić information content (AvgIpc) is 3.30. The molecule has 4 rings (SSSR count). The first kappa shape index (κ1) is 17.6. The normalized spacial score (nSPS) is 20.2. The van der Waals surface area contributed by atoms with Crippen LogP contribution in [0.25, 0.3) is 0 Å². The zero-order valence-electron chi connectivity index (χ0n) is 14.7. The molecule has 0 amide bonds. The number of aryl methyl sites for hydroxylation is 2. The highest BCUT2D eigenvalue weighted by molar-refractivity contribution is 7.89. The van der Waals surface area contributed by atoms with Crippen LogP contribution in [-0.4, -0.2) is 36.0 Å². The smallest absolute Gasteiger partial charge is 0.243 e. The van der Waals surface area contributed by atoms with Gasteiger partial charge in [-0.05, 0) is 56.2 Å². The van der Waals surface area contributed by atoms with E-state index in [-0.39, 0.29) is 0 Å². The predicted octanol–water partition coefficient (Wildman–Crippen LogP) is 1.98. The number of nitrogens with two attached hydrogens (primary N) is 1. The van der Waals surface area contributed by atoms with Gasteiger partial charge in [0.1, 0.15) is 0 Å². The summed E-state index contributed by atoms with van der Waals surface area (Å²) in [5.41, 5.74) is 6.84. The average molecular weight is 376 g/mol. The molecule has 0 atom stereocenters.